The summed E-state index contributed by atoms with van der Waals surface area (Å²) < 4.78 is 29.2. The molecule has 1 N–H and O–H groups in total. The van der Waals surface area contributed by atoms with Crippen molar-refractivity contribution in [2.45, 2.75) is 52.6 Å². The fourth-order valence-corrected chi connectivity index (χ4v) is 6.55. The smallest absolute Gasteiger partial charge is 0.194 e. The molecule has 0 bridgehead atoms. The van der Waals surface area contributed by atoms with Gasteiger partial charge >= 0.3 is 0 Å². The fraction of sp³-hybridized carbons (Fsp3) is 0.947. The number of likely N-dealkylation sites (tertiary alicyclic amines) is 1. The summed E-state index contributed by atoms with van der Waals surface area (Å²) in [7, 11) is -2.84. The predicted octanol–water partition coefficient (Wildman–Crippen LogP) is 2.53. The molecule has 0 saturated carbocycles. The topological polar surface area (TPSA) is 71.0 Å². The lowest BCUT2D eigenvalue weighted by Crippen LogP contribution is -2.52. The molecule has 0 aromatic carbocycles. The van der Waals surface area contributed by atoms with Gasteiger partial charge in [0.05, 0.1) is 17.6 Å². The summed E-state index contributed by atoms with van der Waals surface area (Å²) in [5, 5.41) is 3.54. The van der Waals surface area contributed by atoms with Gasteiger partial charge in [-0.2, -0.15) is 0 Å². The third kappa shape index (κ3) is 7.03. The maximum Gasteiger partial charge on any atom is 0.194 e. The maximum absolute atomic E-state index is 11.7. The second kappa shape index (κ2) is 9.61. The Morgan fingerprint density at radius 2 is 2.11 bits per heavy atom. The highest BCUT2D eigenvalue weighted by atomic mass is 127. The molecule has 0 aromatic heterocycles. The first-order chi connectivity index (χ1) is 12.2. The highest BCUT2D eigenvalue weighted by molar-refractivity contribution is 14.0. The first-order valence-corrected chi connectivity index (χ1v) is 11.9. The minimum atomic E-state index is -2.84. The molecule has 0 aliphatic carbocycles. The molecule has 0 radical (unpaired) electrons. The number of hydrogen-bond donors (Lipinski definition) is 1. The van der Waals surface area contributed by atoms with E-state index in [1.807, 2.05) is 0 Å². The lowest BCUT2D eigenvalue weighted by Gasteiger charge is -2.43. The molecule has 0 spiro atoms. The molecule has 3 saturated heterocycles. The van der Waals surface area contributed by atoms with E-state index in [-0.39, 0.29) is 47.2 Å². The van der Waals surface area contributed by atoms with Gasteiger partial charge in [0.1, 0.15) is 0 Å². The van der Waals surface area contributed by atoms with E-state index in [0.29, 0.717) is 18.2 Å². The Hall–Kier alpha value is -0.0900. The van der Waals surface area contributed by atoms with Crippen molar-refractivity contribution < 1.29 is 13.2 Å². The molecule has 3 rings (SSSR count). The van der Waals surface area contributed by atoms with E-state index in [2.05, 4.69) is 31.0 Å². The molecule has 0 aromatic rings. The largest absolute Gasteiger partial charge is 0.376 e. The zero-order chi connectivity index (χ0) is 18.8. The molecule has 3 aliphatic rings. The van der Waals surface area contributed by atoms with Crippen LogP contribution >= 0.6 is 24.0 Å². The van der Waals surface area contributed by atoms with Gasteiger partial charge in [0.25, 0.3) is 0 Å². The van der Waals surface area contributed by atoms with E-state index in [0.717, 1.165) is 51.5 Å². The van der Waals surface area contributed by atoms with Gasteiger partial charge in [0.15, 0.2) is 15.8 Å². The normalized spacial score (nSPS) is 32.9. The van der Waals surface area contributed by atoms with Crippen LogP contribution in [-0.4, -0.2) is 69.7 Å². The Balaban J connectivity index is 0.00000261. The van der Waals surface area contributed by atoms with Gasteiger partial charge in [-0.3, -0.25) is 4.99 Å². The number of sulfone groups is 1. The summed E-state index contributed by atoms with van der Waals surface area (Å²) in [6.45, 7) is 11.2. The molecule has 0 amide bonds. The minimum Gasteiger partial charge on any atom is -0.376 e. The highest BCUT2D eigenvalue weighted by Gasteiger charge is 2.33. The number of nitrogens with one attached hydrogen (secondary N) is 1. The molecule has 27 heavy (non-hydrogen) atoms. The second-order valence-corrected chi connectivity index (χ2v) is 11.5. The average molecular weight is 513 g/mol. The molecule has 3 fully saturated rings. The monoisotopic (exact) mass is 513 g/mol. The van der Waals surface area contributed by atoms with Gasteiger partial charge in [-0.15, -0.1) is 24.0 Å². The molecule has 158 valence electrons. The van der Waals surface area contributed by atoms with Gasteiger partial charge in [-0.1, -0.05) is 20.8 Å². The van der Waals surface area contributed by atoms with Crippen molar-refractivity contribution in [2.24, 2.45) is 22.2 Å². The third-order valence-corrected chi connectivity index (χ3v) is 7.53. The van der Waals surface area contributed by atoms with E-state index < -0.39 is 9.84 Å². The number of halogens is 1. The molecule has 3 aliphatic heterocycles. The summed E-state index contributed by atoms with van der Waals surface area (Å²) >= 11 is 0. The molecule has 3 atom stereocenters. The van der Waals surface area contributed by atoms with E-state index >= 15 is 0 Å². The molecule has 3 unspecified atom stereocenters. The Morgan fingerprint density at radius 3 is 2.70 bits per heavy atom. The number of rotatable bonds is 4. The van der Waals surface area contributed by atoms with Crippen LogP contribution in [-0.2, 0) is 14.6 Å². The van der Waals surface area contributed by atoms with Crippen LogP contribution in [0.3, 0.4) is 0 Å². The van der Waals surface area contributed by atoms with Crippen LogP contribution < -0.4 is 5.32 Å². The number of ether oxygens (including phenoxy) is 1. The second-order valence-electron chi connectivity index (χ2n) is 9.30. The lowest BCUT2D eigenvalue weighted by atomic mass is 9.79. The van der Waals surface area contributed by atoms with E-state index in [4.69, 9.17) is 9.73 Å². The van der Waals surface area contributed by atoms with Crippen LogP contribution in [0.4, 0.5) is 0 Å². The summed E-state index contributed by atoms with van der Waals surface area (Å²) in [6, 6.07) is 0. The zero-order valence-corrected chi connectivity index (χ0v) is 20.1. The lowest BCUT2D eigenvalue weighted by molar-refractivity contribution is 0.108. The standard InChI is InChI=1S/C19H35N3O3S.HI/c1-15-9-19(2,3)14-22(12-15)18(21-11-17-5-4-7-25-17)20-10-16-6-8-26(23,24)13-16;/h15-17H,4-14H2,1-3H3,(H,20,21);1H. The summed E-state index contributed by atoms with van der Waals surface area (Å²) in [6.07, 6.45) is 4.47. The van der Waals surface area contributed by atoms with Crippen molar-refractivity contribution in [3.05, 3.63) is 0 Å². The van der Waals surface area contributed by atoms with Crippen molar-refractivity contribution in [1.82, 2.24) is 10.2 Å². The Bertz CT molecular complexity index is 618. The Morgan fingerprint density at radius 1 is 1.33 bits per heavy atom. The fourth-order valence-electron chi connectivity index (χ4n) is 4.70. The molecule has 3 heterocycles. The van der Waals surface area contributed by atoms with Gasteiger partial charge < -0.3 is 15.0 Å². The first kappa shape index (κ1) is 23.2. The average Bonchev–Trinajstić information content (AvgIpc) is 3.14. The minimum absolute atomic E-state index is 0. The quantitative estimate of drug-likeness (QED) is 0.356. The zero-order valence-electron chi connectivity index (χ0n) is 16.9. The Kier molecular flexibility index (Phi) is 8.25. The number of hydrogen-bond acceptors (Lipinski definition) is 4. The third-order valence-electron chi connectivity index (χ3n) is 5.69. The van der Waals surface area contributed by atoms with Gasteiger partial charge in [0, 0.05) is 32.8 Å². The number of aliphatic imine (C=N–C) groups is 1. The number of piperidine rings is 1. The molecular formula is C19H36IN3O3S. The van der Waals surface area contributed by atoms with Crippen LogP contribution in [0, 0.1) is 17.3 Å². The molecular weight excluding hydrogens is 477 g/mol. The van der Waals surface area contributed by atoms with Crippen molar-refractivity contribution in [3.63, 3.8) is 0 Å². The van der Waals surface area contributed by atoms with Crippen molar-refractivity contribution in [2.75, 3.05) is 44.3 Å². The summed E-state index contributed by atoms with van der Waals surface area (Å²) in [5.74, 6) is 2.33. The van der Waals surface area contributed by atoms with Crippen LogP contribution in [0.25, 0.3) is 0 Å². The predicted molar refractivity (Wildman–Crippen MR) is 121 cm³/mol. The first-order valence-electron chi connectivity index (χ1n) is 10.1. The maximum atomic E-state index is 11.7. The van der Waals surface area contributed by atoms with E-state index in [9.17, 15) is 8.42 Å². The SMILES string of the molecule is CC1CN(C(=NCC2CCS(=O)(=O)C2)NCC2CCCO2)CC(C)(C)C1.I. The van der Waals surface area contributed by atoms with E-state index in [1.54, 1.807) is 0 Å². The van der Waals surface area contributed by atoms with Crippen LogP contribution in [0.5, 0.6) is 0 Å². The highest BCUT2D eigenvalue weighted by Crippen LogP contribution is 2.32. The van der Waals surface area contributed by atoms with Gasteiger partial charge in [0.2, 0.25) is 0 Å². The van der Waals surface area contributed by atoms with Crippen molar-refractivity contribution in [1.29, 1.82) is 0 Å². The summed E-state index contributed by atoms with van der Waals surface area (Å²) in [5.41, 5.74) is 0.265. The van der Waals surface area contributed by atoms with Gasteiger partial charge in [-0.25, -0.2) is 8.42 Å². The van der Waals surface area contributed by atoms with Crippen LogP contribution in [0.2, 0.25) is 0 Å². The summed E-state index contributed by atoms with van der Waals surface area (Å²) in [4.78, 5) is 7.24. The Labute approximate surface area is 181 Å². The van der Waals surface area contributed by atoms with Crippen molar-refractivity contribution in [3.8, 4) is 0 Å². The van der Waals surface area contributed by atoms with Crippen LogP contribution in [0.15, 0.2) is 4.99 Å². The van der Waals surface area contributed by atoms with Gasteiger partial charge in [-0.05, 0) is 42.9 Å². The van der Waals surface area contributed by atoms with Crippen molar-refractivity contribution >= 4 is 39.8 Å². The van der Waals surface area contributed by atoms with E-state index in [1.165, 1.54) is 6.42 Å². The van der Waals surface area contributed by atoms with Crippen LogP contribution in [0.1, 0.15) is 46.5 Å². The number of guanidine groups is 1. The number of nitrogens with zero attached hydrogens (tertiary/aromatic N) is 2. The molecule has 8 heteroatoms. The molecule has 6 nitrogen and oxygen atoms in total.